The van der Waals surface area contributed by atoms with Crippen LogP contribution in [0, 0.1) is 0 Å². The smallest absolute Gasteiger partial charge is 0.164 e. The second-order valence-corrected chi connectivity index (χ2v) is 14.6. The summed E-state index contributed by atoms with van der Waals surface area (Å²) in [6, 6.07) is 37.9. The van der Waals surface area contributed by atoms with Gasteiger partial charge in [0.1, 0.15) is 11.2 Å². The van der Waals surface area contributed by atoms with Gasteiger partial charge in [0.25, 0.3) is 0 Å². The van der Waals surface area contributed by atoms with E-state index in [4.69, 9.17) is 22.1 Å². The first-order valence-electron chi connectivity index (χ1n) is 20.0. The molecule has 0 saturated carbocycles. The molecule has 248 valence electrons. The Morgan fingerprint density at radius 3 is 1.92 bits per heavy atom. The fourth-order valence-corrected chi connectivity index (χ4v) is 9.11. The molecule has 0 radical (unpaired) electrons. The van der Waals surface area contributed by atoms with Crippen LogP contribution in [-0.4, -0.2) is 15.0 Å². The monoisotopic (exact) mass is 719 g/mol. The molecular formula is C47H27N3OS2. The third-order valence-electron chi connectivity index (χ3n) is 9.51. The van der Waals surface area contributed by atoms with E-state index in [0.29, 0.717) is 28.3 Å². The molecule has 0 amide bonds. The van der Waals surface area contributed by atoms with Crippen LogP contribution in [0.15, 0.2) is 167 Å². The van der Waals surface area contributed by atoms with Gasteiger partial charge in [-0.25, -0.2) is 15.0 Å². The Kier molecular flexibility index (Phi) is 5.61. The molecule has 4 aromatic heterocycles. The number of hydrogen-bond donors (Lipinski definition) is 0. The number of furan rings is 1. The maximum Gasteiger partial charge on any atom is 0.164 e. The average Bonchev–Trinajstić information content (AvgIpc) is 4.00. The number of nitrogens with zero attached hydrogens (tertiary/aromatic N) is 3. The van der Waals surface area contributed by atoms with Crippen LogP contribution in [0.25, 0.3) is 109 Å². The molecule has 7 aromatic carbocycles. The predicted molar refractivity (Wildman–Crippen MR) is 223 cm³/mol. The molecule has 4 nitrogen and oxygen atoms in total. The molecule has 0 atom stereocenters. The average molecular weight is 720 g/mol. The molecule has 11 aromatic rings. The third kappa shape index (κ3) is 5.06. The molecule has 0 aliphatic carbocycles. The van der Waals surface area contributed by atoms with Gasteiger partial charge in [-0.3, -0.25) is 0 Å². The molecule has 0 bridgehead atoms. The summed E-state index contributed by atoms with van der Waals surface area (Å²) in [5.41, 5.74) is 4.24. The van der Waals surface area contributed by atoms with Crippen molar-refractivity contribution in [3.05, 3.63) is 163 Å². The summed E-state index contributed by atoms with van der Waals surface area (Å²) in [4.78, 5) is 14.4. The maximum atomic E-state index is 9.53. The van der Waals surface area contributed by atoms with Crippen molar-refractivity contribution in [2.75, 3.05) is 0 Å². The number of benzene rings is 7. The van der Waals surface area contributed by atoms with Gasteiger partial charge < -0.3 is 4.42 Å². The summed E-state index contributed by atoms with van der Waals surface area (Å²) >= 11 is 3.25. The second-order valence-electron chi connectivity index (χ2n) is 12.7. The van der Waals surface area contributed by atoms with Crippen LogP contribution in [0.3, 0.4) is 0 Å². The Morgan fingerprint density at radius 2 is 1.09 bits per heavy atom. The normalized spacial score (nSPS) is 13.4. The molecule has 11 rings (SSSR count). The highest BCUT2D eigenvalue weighted by molar-refractivity contribution is 7.26. The topological polar surface area (TPSA) is 51.8 Å². The van der Waals surface area contributed by atoms with Crippen LogP contribution in [0.2, 0.25) is 0 Å². The van der Waals surface area contributed by atoms with E-state index >= 15 is 0 Å². The first kappa shape index (κ1) is 24.7. The minimum absolute atomic E-state index is 0.0168. The van der Waals surface area contributed by atoms with E-state index in [0.717, 1.165) is 31.3 Å². The van der Waals surface area contributed by atoms with E-state index < -0.39 is 0 Å². The number of rotatable bonds is 5. The van der Waals surface area contributed by atoms with Crippen LogP contribution in [-0.2, 0) is 0 Å². The van der Waals surface area contributed by atoms with E-state index in [9.17, 15) is 5.48 Å². The molecule has 6 heteroatoms. The van der Waals surface area contributed by atoms with E-state index in [1.54, 1.807) is 22.7 Å². The van der Waals surface area contributed by atoms with Crippen molar-refractivity contribution in [3.63, 3.8) is 0 Å². The van der Waals surface area contributed by atoms with Crippen molar-refractivity contribution in [1.82, 2.24) is 15.0 Å². The molecule has 0 aliphatic heterocycles. The highest BCUT2D eigenvalue weighted by Crippen LogP contribution is 2.42. The Balaban J connectivity index is 1.10. The SMILES string of the molecule is [2H]c1c(-c2cccc3c2sc2ccccc23)c([2H])c2c(oc3c([2H])c(-c4nc(-c5ccccc5)nc(-c5ccc(-c6csc7ccccc67)cc5)n4)c([2H])c([2H])c32)c1[2H]. The van der Waals surface area contributed by atoms with E-state index in [2.05, 4.69) is 17.5 Å². The number of aromatic nitrogens is 3. The van der Waals surface area contributed by atoms with E-state index in [-0.39, 0.29) is 75.1 Å². The summed E-state index contributed by atoms with van der Waals surface area (Å²) in [5.74, 6) is 0.670. The van der Waals surface area contributed by atoms with Gasteiger partial charge in [-0.2, -0.15) is 0 Å². The zero-order chi connectivity index (χ0) is 40.1. The lowest BCUT2D eigenvalue weighted by Gasteiger charge is -2.09. The number of fused-ring (bicyclic) bond motifs is 7. The summed E-state index contributed by atoms with van der Waals surface area (Å²) in [5, 5.41) is 5.56. The van der Waals surface area contributed by atoms with Gasteiger partial charge in [0.05, 0.1) is 8.22 Å². The zero-order valence-corrected chi connectivity index (χ0v) is 29.3. The Bertz CT molecular complexity index is 3530. The number of hydrogen-bond acceptors (Lipinski definition) is 6. The van der Waals surface area contributed by atoms with Crippen molar-refractivity contribution >= 4 is 74.9 Å². The fraction of sp³-hybridized carbons (Fsp3) is 0. The lowest BCUT2D eigenvalue weighted by Crippen LogP contribution is -2.00. The molecule has 53 heavy (non-hydrogen) atoms. The number of thiophene rings is 2. The summed E-state index contributed by atoms with van der Waals surface area (Å²) in [6.07, 6.45) is 0. The van der Waals surface area contributed by atoms with Crippen LogP contribution >= 0.6 is 22.7 Å². The van der Waals surface area contributed by atoms with Crippen LogP contribution < -0.4 is 0 Å². The van der Waals surface area contributed by atoms with Crippen molar-refractivity contribution < 1.29 is 12.6 Å². The van der Waals surface area contributed by atoms with Crippen LogP contribution in [0.4, 0.5) is 0 Å². The van der Waals surface area contributed by atoms with Gasteiger partial charge in [-0.05, 0) is 58.4 Å². The predicted octanol–water partition coefficient (Wildman–Crippen LogP) is 13.7. The van der Waals surface area contributed by atoms with Gasteiger partial charge in [-0.1, -0.05) is 121 Å². The Morgan fingerprint density at radius 1 is 0.434 bits per heavy atom. The lowest BCUT2D eigenvalue weighted by atomic mass is 10.0. The zero-order valence-electron chi connectivity index (χ0n) is 33.7. The van der Waals surface area contributed by atoms with Gasteiger partial charge in [0, 0.05) is 63.3 Å². The summed E-state index contributed by atoms with van der Waals surface area (Å²) in [7, 11) is 0. The van der Waals surface area contributed by atoms with Crippen molar-refractivity contribution in [2.24, 2.45) is 0 Å². The Labute approximate surface area is 320 Å². The molecule has 0 fully saturated rings. The molecule has 0 spiro atoms. The minimum atomic E-state index is -0.324. The van der Waals surface area contributed by atoms with Crippen LogP contribution in [0.5, 0.6) is 0 Å². The molecule has 0 unspecified atom stereocenters. The van der Waals surface area contributed by atoms with Gasteiger partial charge in [-0.15, -0.1) is 22.7 Å². The molecule has 4 heterocycles. The highest BCUT2D eigenvalue weighted by Gasteiger charge is 2.17. The second kappa shape index (κ2) is 12.1. The molecule has 0 aliphatic rings. The van der Waals surface area contributed by atoms with Crippen molar-refractivity contribution in [1.29, 1.82) is 0 Å². The first-order chi connectivity index (χ1) is 28.8. The van der Waals surface area contributed by atoms with Gasteiger partial charge >= 0.3 is 0 Å². The highest BCUT2D eigenvalue weighted by atomic mass is 32.1. The van der Waals surface area contributed by atoms with E-state index in [1.165, 1.54) is 10.1 Å². The molecule has 0 N–H and O–H groups in total. The molecule has 0 saturated heterocycles. The minimum Gasteiger partial charge on any atom is -0.456 e. The Hall–Kier alpha value is -6.47. The standard InChI is InChI=1S/C47H27N3OS2/c1-2-9-29(10-3-1)45-48-46(30-19-17-28(18-20-30)39-27-52-42-15-6-4-12-36(39)42)50-47(49-45)32-21-23-34-38-25-31(22-24-40(38)51-41(34)26-32)33-13-8-14-37-35-11-5-7-16-43(35)53-44(33)37/h1-27H/i21D,22D,23D,24D,25D,26D. The van der Waals surface area contributed by atoms with Crippen molar-refractivity contribution in [2.45, 2.75) is 0 Å². The summed E-state index contributed by atoms with van der Waals surface area (Å²) < 4.78 is 65.4. The van der Waals surface area contributed by atoms with Crippen LogP contribution in [0.1, 0.15) is 8.22 Å². The lowest BCUT2D eigenvalue weighted by molar-refractivity contribution is 0.669. The van der Waals surface area contributed by atoms with Gasteiger partial charge in [0.2, 0.25) is 0 Å². The first-order valence-corrected chi connectivity index (χ1v) is 18.7. The molecular weight excluding hydrogens is 687 g/mol. The largest absolute Gasteiger partial charge is 0.456 e. The van der Waals surface area contributed by atoms with Gasteiger partial charge in [0.15, 0.2) is 17.5 Å². The quantitative estimate of drug-likeness (QED) is 0.178. The van der Waals surface area contributed by atoms with E-state index in [1.807, 2.05) is 109 Å². The van der Waals surface area contributed by atoms with Crippen molar-refractivity contribution in [3.8, 4) is 56.4 Å². The maximum absolute atomic E-state index is 9.53. The third-order valence-corrected chi connectivity index (χ3v) is 11.7. The summed E-state index contributed by atoms with van der Waals surface area (Å²) in [6.45, 7) is 0. The fourth-order valence-electron chi connectivity index (χ4n) is 6.91.